The molecule has 0 radical (unpaired) electrons. The molecule has 0 aliphatic heterocycles. The number of rotatable bonds is 6. The molecule has 0 aliphatic carbocycles. The lowest BCUT2D eigenvalue weighted by molar-refractivity contribution is -0.117. The van der Waals surface area contributed by atoms with Crippen molar-refractivity contribution < 1.29 is 4.79 Å². The van der Waals surface area contributed by atoms with Gasteiger partial charge in [-0.1, -0.05) is 78.9 Å². The average molecular weight is 315 g/mol. The smallest absolute Gasteiger partial charge is 0.231 e. The van der Waals surface area contributed by atoms with Gasteiger partial charge in [-0.25, -0.2) is 0 Å². The van der Waals surface area contributed by atoms with E-state index in [0.717, 1.165) is 24.1 Å². The van der Waals surface area contributed by atoms with Gasteiger partial charge in [0.05, 0.1) is 5.92 Å². The highest BCUT2D eigenvalue weighted by atomic mass is 16.1. The van der Waals surface area contributed by atoms with Crippen molar-refractivity contribution in [3.05, 3.63) is 102 Å². The molecule has 0 aromatic heterocycles. The summed E-state index contributed by atoms with van der Waals surface area (Å²) in [4.78, 5) is 12.8. The first-order chi connectivity index (χ1) is 11.8. The van der Waals surface area contributed by atoms with Gasteiger partial charge in [0.25, 0.3) is 0 Å². The van der Waals surface area contributed by atoms with E-state index < -0.39 is 0 Å². The van der Waals surface area contributed by atoms with Gasteiger partial charge in [-0.2, -0.15) is 0 Å². The Hall–Kier alpha value is -2.87. The van der Waals surface area contributed by atoms with Crippen LogP contribution in [0.2, 0.25) is 0 Å². The van der Waals surface area contributed by atoms with Crippen LogP contribution in [0.5, 0.6) is 0 Å². The maximum absolute atomic E-state index is 12.8. The summed E-state index contributed by atoms with van der Waals surface area (Å²) in [6, 6.07) is 29.9. The molecule has 120 valence electrons. The van der Waals surface area contributed by atoms with Gasteiger partial charge in [0.2, 0.25) is 5.91 Å². The highest BCUT2D eigenvalue weighted by Crippen LogP contribution is 2.24. The average Bonchev–Trinajstić information content (AvgIpc) is 2.64. The minimum Gasteiger partial charge on any atom is -0.326 e. The predicted octanol–water partition coefficient (Wildman–Crippen LogP) is 5.04. The second-order valence-corrected chi connectivity index (χ2v) is 5.84. The Morgan fingerprint density at radius 1 is 0.750 bits per heavy atom. The van der Waals surface area contributed by atoms with Gasteiger partial charge in [-0.3, -0.25) is 4.79 Å². The Balaban J connectivity index is 1.75. The molecule has 0 aliphatic rings. The maximum Gasteiger partial charge on any atom is 0.231 e. The Kier molecular flexibility index (Phi) is 5.41. The molecule has 2 heteroatoms. The highest BCUT2D eigenvalue weighted by molar-refractivity contribution is 5.95. The predicted molar refractivity (Wildman–Crippen MR) is 99.0 cm³/mol. The molecule has 0 saturated carbocycles. The number of para-hydroxylation sites is 1. The van der Waals surface area contributed by atoms with Crippen molar-refractivity contribution >= 4 is 11.6 Å². The summed E-state index contributed by atoms with van der Waals surface area (Å²) in [6.07, 6.45) is 1.66. The van der Waals surface area contributed by atoms with Crippen LogP contribution in [-0.2, 0) is 11.2 Å². The van der Waals surface area contributed by atoms with Crippen LogP contribution >= 0.6 is 0 Å². The summed E-state index contributed by atoms with van der Waals surface area (Å²) < 4.78 is 0. The van der Waals surface area contributed by atoms with Crippen molar-refractivity contribution in [3.8, 4) is 0 Å². The number of aryl methyl sites for hydroxylation is 1. The molecular weight excluding hydrogens is 294 g/mol. The van der Waals surface area contributed by atoms with Crippen LogP contribution in [0.15, 0.2) is 91.0 Å². The van der Waals surface area contributed by atoms with E-state index in [9.17, 15) is 4.79 Å². The summed E-state index contributed by atoms with van der Waals surface area (Å²) in [7, 11) is 0. The molecule has 3 rings (SSSR count). The number of hydrogen-bond acceptors (Lipinski definition) is 1. The number of nitrogens with one attached hydrogen (secondary N) is 1. The summed E-state index contributed by atoms with van der Waals surface area (Å²) in [5.74, 6) is -0.116. The van der Waals surface area contributed by atoms with Gasteiger partial charge in [-0.15, -0.1) is 0 Å². The quantitative estimate of drug-likeness (QED) is 0.678. The van der Waals surface area contributed by atoms with E-state index in [1.54, 1.807) is 0 Å². The second kappa shape index (κ2) is 8.11. The number of carbonyl (C=O) groups is 1. The standard InChI is InChI=1S/C22H21NO/c24-22(23-20-14-8-3-9-15-20)21(19-12-6-2-7-13-19)17-16-18-10-4-1-5-11-18/h1-15,21H,16-17H2,(H,23,24). The Morgan fingerprint density at radius 2 is 1.29 bits per heavy atom. The molecule has 3 aromatic carbocycles. The van der Waals surface area contributed by atoms with Gasteiger partial charge >= 0.3 is 0 Å². The van der Waals surface area contributed by atoms with Gasteiger partial charge in [0, 0.05) is 5.69 Å². The van der Waals surface area contributed by atoms with Crippen molar-refractivity contribution in [2.24, 2.45) is 0 Å². The van der Waals surface area contributed by atoms with Gasteiger partial charge in [0.15, 0.2) is 0 Å². The third-order valence-corrected chi connectivity index (χ3v) is 4.12. The van der Waals surface area contributed by atoms with Crippen molar-refractivity contribution in [3.63, 3.8) is 0 Å². The Morgan fingerprint density at radius 3 is 1.92 bits per heavy atom. The van der Waals surface area contributed by atoms with Gasteiger partial charge < -0.3 is 5.32 Å². The zero-order valence-corrected chi connectivity index (χ0v) is 13.6. The van der Waals surface area contributed by atoms with Gasteiger partial charge in [0.1, 0.15) is 0 Å². The molecule has 1 atom stereocenters. The first-order valence-corrected chi connectivity index (χ1v) is 8.28. The number of benzene rings is 3. The highest BCUT2D eigenvalue weighted by Gasteiger charge is 2.20. The van der Waals surface area contributed by atoms with Crippen LogP contribution < -0.4 is 5.32 Å². The summed E-state index contributed by atoms with van der Waals surface area (Å²) in [6.45, 7) is 0. The number of carbonyl (C=O) groups excluding carboxylic acids is 1. The lowest BCUT2D eigenvalue weighted by Gasteiger charge is -2.17. The van der Waals surface area contributed by atoms with Gasteiger partial charge in [-0.05, 0) is 36.1 Å². The number of anilines is 1. The topological polar surface area (TPSA) is 29.1 Å². The van der Waals surface area contributed by atoms with E-state index in [1.807, 2.05) is 78.9 Å². The van der Waals surface area contributed by atoms with E-state index in [1.165, 1.54) is 5.56 Å². The summed E-state index contributed by atoms with van der Waals surface area (Å²) >= 11 is 0. The molecule has 0 fully saturated rings. The first kappa shape index (κ1) is 16.0. The lowest BCUT2D eigenvalue weighted by Crippen LogP contribution is -2.21. The molecule has 0 saturated heterocycles. The van der Waals surface area contributed by atoms with Crippen LogP contribution in [0.1, 0.15) is 23.5 Å². The van der Waals surface area contributed by atoms with E-state index in [0.29, 0.717) is 0 Å². The van der Waals surface area contributed by atoms with Crippen LogP contribution in [0, 0.1) is 0 Å². The molecule has 2 nitrogen and oxygen atoms in total. The van der Waals surface area contributed by atoms with E-state index in [-0.39, 0.29) is 11.8 Å². The minimum absolute atomic E-state index is 0.0448. The molecule has 0 heterocycles. The summed E-state index contributed by atoms with van der Waals surface area (Å²) in [5, 5.41) is 3.04. The zero-order valence-electron chi connectivity index (χ0n) is 13.6. The van der Waals surface area contributed by atoms with E-state index in [4.69, 9.17) is 0 Å². The third-order valence-electron chi connectivity index (χ3n) is 4.12. The van der Waals surface area contributed by atoms with E-state index in [2.05, 4.69) is 17.4 Å². The molecule has 0 bridgehead atoms. The Labute approximate surface area is 143 Å². The van der Waals surface area contributed by atoms with Crippen molar-refractivity contribution in [2.45, 2.75) is 18.8 Å². The monoisotopic (exact) mass is 315 g/mol. The van der Waals surface area contributed by atoms with Crippen LogP contribution in [-0.4, -0.2) is 5.91 Å². The molecule has 24 heavy (non-hydrogen) atoms. The minimum atomic E-state index is -0.161. The molecule has 1 amide bonds. The first-order valence-electron chi connectivity index (χ1n) is 8.28. The largest absolute Gasteiger partial charge is 0.326 e. The van der Waals surface area contributed by atoms with E-state index >= 15 is 0 Å². The number of amides is 1. The van der Waals surface area contributed by atoms with Crippen LogP contribution in [0.4, 0.5) is 5.69 Å². The summed E-state index contributed by atoms with van der Waals surface area (Å²) in [5.41, 5.74) is 3.15. The molecular formula is C22H21NO. The Bertz CT molecular complexity index is 754. The third kappa shape index (κ3) is 4.32. The van der Waals surface area contributed by atoms with Crippen molar-refractivity contribution in [1.82, 2.24) is 0 Å². The molecule has 1 unspecified atom stereocenters. The van der Waals surface area contributed by atoms with Crippen molar-refractivity contribution in [2.75, 3.05) is 5.32 Å². The molecule has 3 aromatic rings. The zero-order chi connectivity index (χ0) is 16.6. The van der Waals surface area contributed by atoms with Crippen LogP contribution in [0.3, 0.4) is 0 Å². The fourth-order valence-electron chi connectivity index (χ4n) is 2.84. The van der Waals surface area contributed by atoms with Crippen molar-refractivity contribution in [1.29, 1.82) is 0 Å². The fourth-order valence-corrected chi connectivity index (χ4v) is 2.84. The van der Waals surface area contributed by atoms with Crippen LogP contribution in [0.25, 0.3) is 0 Å². The molecule has 1 N–H and O–H groups in total. The fraction of sp³-hybridized carbons (Fsp3) is 0.136. The number of hydrogen-bond donors (Lipinski definition) is 1. The molecule has 0 spiro atoms. The SMILES string of the molecule is O=C(Nc1ccccc1)C(CCc1ccccc1)c1ccccc1. The second-order valence-electron chi connectivity index (χ2n) is 5.84. The maximum atomic E-state index is 12.8. The lowest BCUT2D eigenvalue weighted by atomic mass is 9.91. The normalized spacial score (nSPS) is 11.7.